The fourth-order valence-electron chi connectivity index (χ4n) is 3.91. The van der Waals surface area contributed by atoms with Gasteiger partial charge in [0, 0.05) is 68.9 Å². The summed E-state index contributed by atoms with van der Waals surface area (Å²) in [7, 11) is 0. The number of hydrogen-bond acceptors (Lipinski definition) is 4. The summed E-state index contributed by atoms with van der Waals surface area (Å²) < 4.78 is 0. The molecule has 0 radical (unpaired) electrons. The van der Waals surface area contributed by atoms with Gasteiger partial charge in [0.05, 0.1) is 16.7 Å². The first-order valence-electron chi connectivity index (χ1n) is 9.14. The van der Waals surface area contributed by atoms with E-state index >= 15 is 0 Å². The molecule has 0 N–H and O–H groups in total. The molecule has 0 saturated heterocycles. The summed E-state index contributed by atoms with van der Waals surface area (Å²) in [5.41, 5.74) is 3.99. The SMILES string of the molecule is c1cc2c(ccc3ccc(-c4ccnc5c4ccc4cnccc45)nc32)cn1. The zero-order valence-electron chi connectivity index (χ0n) is 14.9. The molecule has 4 aromatic heterocycles. The van der Waals surface area contributed by atoms with Crippen LogP contribution in [0.15, 0.2) is 85.6 Å². The Hall–Kier alpha value is -3.92. The van der Waals surface area contributed by atoms with E-state index in [0.717, 1.165) is 54.6 Å². The number of nitrogens with zero attached hydrogens (tertiary/aromatic N) is 4. The second-order valence-electron chi connectivity index (χ2n) is 6.85. The topological polar surface area (TPSA) is 51.6 Å². The molecule has 0 bridgehead atoms. The quantitative estimate of drug-likeness (QED) is 0.362. The van der Waals surface area contributed by atoms with Gasteiger partial charge in [-0.25, -0.2) is 4.98 Å². The molecule has 0 unspecified atom stereocenters. The molecule has 0 atom stereocenters. The highest BCUT2D eigenvalue weighted by atomic mass is 14.7. The van der Waals surface area contributed by atoms with Crippen molar-refractivity contribution in [2.75, 3.05) is 0 Å². The highest BCUT2D eigenvalue weighted by Gasteiger charge is 2.10. The summed E-state index contributed by atoms with van der Waals surface area (Å²) in [5, 5.41) is 6.62. The van der Waals surface area contributed by atoms with E-state index in [2.05, 4.69) is 51.4 Å². The van der Waals surface area contributed by atoms with Gasteiger partial charge in [-0.15, -0.1) is 0 Å². The molecule has 130 valence electrons. The van der Waals surface area contributed by atoms with Gasteiger partial charge in [-0.2, -0.15) is 0 Å². The fraction of sp³-hybridized carbons (Fsp3) is 0. The third-order valence-corrected chi connectivity index (χ3v) is 5.28. The molecule has 0 saturated carbocycles. The first-order chi connectivity index (χ1) is 13.9. The van der Waals surface area contributed by atoms with Crippen molar-refractivity contribution >= 4 is 43.4 Å². The molecular weight excluding hydrogens is 344 g/mol. The van der Waals surface area contributed by atoms with Gasteiger partial charge in [-0.05, 0) is 24.3 Å². The van der Waals surface area contributed by atoms with Crippen molar-refractivity contribution in [2.45, 2.75) is 0 Å². The number of benzene rings is 2. The molecule has 0 amide bonds. The lowest BCUT2D eigenvalue weighted by atomic mass is 10.0. The summed E-state index contributed by atoms with van der Waals surface area (Å²) in [6.07, 6.45) is 9.24. The van der Waals surface area contributed by atoms with E-state index in [4.69, 9.17) is 4.98 Å². The summed E-state index contributed by atoms with van der Waals surface area (Å²) in [6.45, 7) is 0. The van der Waals surface area contributed by atoms with Crippen LogP contribution in [0.4, 0.5) is 0 Å². The van der Waals surface area contributed by atoms with E-state index in [1.165, 1.54) is 0 Å². The van der Waals surface area contributed by atoms with E-state index in [9.17, 15) is 0 Å². The van der Waals surface area contributed by atoms with Crippen molar-refractivity contribution in [3.05, 3.63) is 85.6 Å². The molecule has 6 aromatic rings. The second-order valence-corrected chi connectivity index (χ2v) is 6.85. The Kier molecular flexibility index (Phi) is 3.14. The predicted molar refractivity (Wildman–Crippen MR) is 113 cm³/mol. The lowest BCUT2D eigenvalue weighted by Gasteiger charge is -2.10. The summed E-state index contributed by atoms with van der Waals surface area (Å²) in [5.74, 6) is 0. The van der Waals surface area contributed by atoms with Crippen LogP contribution in [0.2, 0.25) is 0 Å². The second kappa shape index (κ2) is 5.79. The zero-order valence-corrected chi connectivity index (χ0v) is 14.9. The predicted octanol–water partition coefficient (Wildman–Crippen LogP) is 5.55. The lowest BCUT2D eigenvalue weighted by molar-refractivity contribution is 1.35. The van der Waals surface area contributed by atoms with Crippen LogP contribution in [0.25, 0.3) is 54.6 Å². The summed E-state index contributed by atoms with van der Waals surface area (Å²) >= 11 is 0. The minimum atomic E-state index is 0.942. The number of pyridine rings is 4. The molecule has 0 aliphatic rings. The Bertz CT molecular complexity index is 1520. The fourth-order valence-corrected chi connectivity index (χ4v) is 3.91. The molecule has 0 spiro atoms. The van der Waals surface area contributed by atoms with Crippen molar-refractivity contribution in [3.8, 4) is 11.3 Å². The Morgan fingerprint density at radius 3 is 2.00 bits per heavy atom. The van der Waals surface area contributed by atoms with Crippen LogP contribution in [0, 0.1) is 0 Å². The first kappa shape index (κ1) is 15.2. The van der Waals surface area contributed by atoms with Gasteiger partial charge in [0.2, 0.25) is 0 Å². The molecule has 0 aliphatic heterocycles. The number of aromatic nitrogens is 4. The zero-order chi connectivity index (χ0) is 18.5. The average Bonchev–Trinajstić information content (AvgIpc) is 2.78. The standard InChI is InChI=1S/C24H14N4/c1-2-16-13-25-10-7-18(16)23-15(1)4-6-22(28-23)20-9-12-27-24-19-8-11-26-14-17(19)3-5-21(20)24/h1-14H. The maximum absolute atomic E-state index is 5.04. The largest absolute Gasteiger partial charge is 0.264 e. The van der Waals surface area contributed by atoms with Gasteiger partial charge in [0.25, 0.3) is 0 Å². The summed E-state index contributed by atoms with van der Waals surface area (Å²) in [4.78, 5) is 18.1. The molecule has 28 heavy (non-hydrogen) atoms. The Morgan fingerprint density at radius 2 is 1.18 bits per heavy atom. The highest BCUT2D eigenvalue weighted by Crippen LogP contribution is 2.32. The van der Waals surface area contributed by atoms with E-state index in [-0.39, 0.29) is 0 Å². The minimum Gasteiger partial charge on any atom is -0.264 e. The van der Waals surface area contributed by atoms with Gasteiger partial charge < -0.3 is 0 Å². The monoisotopic (exact) mass is 358 g/mol. The number of hydrogen-bond donors (Lipinski definition) is 0. The lowest BCUT2D eigenvalue weighted by Crippen LogP contribution is -1.90. The van der Waals surface area contributed by atoms with E-state index in [0.29, 0.717) is 0 Å². The normalized spacial score (nSPS) is 11.6. The van der Waals surface area contributed by atoms with E-state index in [1.807, 2.05) is 49.2 Å². The molecule has 4 nitrogen and oxygen atoms in total. The Balaban J connectivity index is 1.68. The molecule has 4 heteroatoms. The third kappa shape index (κ3) is 2.18. The van der Waals surface area contributed by atoms with E-state index < -0.39 is 0 Å². The summed E-state index contributed by atoms with van der Waals surface area (Å²) in [6, 6.07) is 18.7. The van der Waals surface area contributed by atoms with Crippen LogP contribution in [-0.2, 0) is 0 Å². The minimum absolute atomic E-state index is 0.942. The van der Waals surface area contributed by atoms with Crippen molar-refractivity contribution in [1.82, 2.24) is 19.9 Å². The van der Waals surface area contributed by atoms with Crippen LogP contribution < -0.4 is 0 Å². The molecular formula is C24H14N4. The first-order valence-corrected chi connectivity index (χ1v) is 9.14. The van der Waals surface area contributed by atoms with Gasteiger partial charge in [-0.1, -0.05) is 30.3 Å². The number of rotatable bonds is 1. The van der Waals surface area contributed by atoms with Gasteiger partial charge in [0.15, 0.2) is 0 Å². The van der Waals surface area contributed by atoms with E-state index in [1.54, 1.807) is 0 Å². The van der Waals surface area contributed by atoms with Crippen LogP contribution in [0.1, 0.15) is 0 Å². The molecule has 6 rings (SSSR count). The maximum Gasteiger partial charge on any atom is 0.0788 e. The maximum atomic E-state index is 5.04. The van der Waals surface area contributed by atoms with Crippen molar-refractivity contribution in [2.24, 2.45) is 0 Å². The van der Waals surface area contributed by atoms with Crippen molar-refractivity contribution in [1.29, 1.82) is 0 Å². The van der Waals surface area contributed by atoms with Crippen LogP contribution >= 0.6 is 0 Å². The van der Waals surface area contributed by atoms with Crippen molar-refractivity contribution in [3.63, 3.8) is 0 Å². The highest BCUT2D eigenvalue weighted by molar-refractivity contribution is 6.10. The van der Waals surface area contributed by atoms with Crippen molar-refractivity contribution < 1.29 is 0 Å². The third-order valence-electron chi connectivity index (χ3n) is 5.28. The Labute approximate surface area is 160 Å². The van der Waals surface area contributed by atoms with Gasteiger partial charge in [0.1, 0.15) is 0 Å². The van der Waals surface area contributed by atoms with Gasteiger partial charge >= 0.3 is 0 Å². The smallest absolute Gasteiger partial charge is 0.0788 e. The van der Waals surface area contributed by atoms with Crippen LogP contribution in [0.5, 0.6) is 0 Å². The number of fused-ring (bicyclic) bond motifs is 6. The molecule has 4 heterocycles. The average molecular weight is 358 g/mol. The van der Waals surface area contributed by atoms with Gasteiger partial charge in [-0.3, -0.25) is 15.0 Å². The van der Waals surface area contributed by atoms with Crippen LogP contribution in [-0.4, -0.2) is 19.9 Å². The molecule has 0 aliphatic carbocycles. The molecule has 2 aromatic carbocycles. The molecule has 0 fully saturated rings. The van der Waals surface area contributed by atoms with Crippen LogP contribution in [0.3, 0.4) is 0 Å². The Morgan fingerprint density at radius 1 is 0.500 bits per heavy atom.